The van der Waals surface area contributed by atoms with Crippen LogP contribution in [0.4, 0.5) is 10.1 Å². The zero-order valence-corrected chi connectivity index (χ0v) is 9.31. The molecule has 2 rings (SSSR count). The molecule has 6 heteroatoms. The summed E-state index contributed by atoms with van der Waals surface area (Å²) in [6, 6.07) is 2.93. The van der Waals surface area contributed by atoms with E-state index in [1.807, 2.05) is 0 Å². The third kappa shape index (κ3) is 1.77. The van der Waals surface area contributed by atoms with E-state index in [0.29, 0.717) is 4.90 Å². The van der Waals surface area contributed by atoms with Crippen LogP contribution < -0.4 is 4.90 Å². The number of amides is 2. The molecule has 0 atom stereocenters. The van der Waals surface area contributed by atoms with Crippen molar-refractivity contribution in [2.24, 2.45) is 0 Å². The Balaban J connectivity index is 2.52. The molecule has 92 valence electrons. The van der Waals surface area contributed by atoms with Gasteiger partial charge in [0.2, 0.25) is 0 Å². The minimum Gasteiger partial charge on any atom is -0.478 e. The molecule has 0 aliphatic carbocycles. The summed E-state index contributed by atoms with van der Waals surface area (Å²) in [5.41, 5.74) is -0.366. The summed E-state index contributed by atoms with van der Waals surface area (Å²) in [4.78, 5) is 34.6. The van der Waals surface area contributed by atoms with E-state index < -0.39 is 23.6 Å². The van der Waals surface area contributed by atoms with Crippen molar-refractivity contribution in [2.75, 3.05) is 4.90 Å². The summed E-state index contributed by atoms with van der Waals surface area (Å²) < 4.78 is 13.6. The average molecular weight is 249 g/mol. The summed E-state index contributed by atoms with van der Waals surface area (Å²) in [5, 5.41) is 8.80. The molecule has 0 unspecified atom stereocenters. The maximum Gasteiger partial charge on any atom is 0.335 e. The number of anilines is 1. The van der Waals surface area contributed by atoms with Gasteiger partial charge in [0.25, 0.3) is 11.8 Å². The van der Waals surface area contributed by atoms with Crippen LogP contribution in [0.3, 0.4) is 0 Å². The molecule has 2 amide bonds. The van der Waals surface area contributed by atoms with Crippen LogP contribution in [0, 0.1) is 5.82 Å². The highest BCUT2D eigenvalue weighted by Crippen LogP contribution is 2.26. The number of hydrogen-bond acceptors (Lipinski definition) is 3. The Morgan fingerprint density at radius 1 is 1.33 bits per heavy atom. The van der Waals surface area contributed by atoms with Gasteiger partial charge in [0, 0.05) is 11.6 Å². The van der Waals surface area contributed by atoms with Gasteiger partial charge in [-0.1, -0.05) is 0 Å². The number of rotatable bonds is 2. The molecule has 18 heavy (non-hydrogen) atoms. The number of carboxylic acids is 1. The van der Waals surface area contributed by atoms with Gasteiger partial charge in [0.1, 0.15) is 5.82 Å². The van der Waals surface area contributed by atoms with Gasteiger partial charge in [-0.05, 0) is 25.1 Å². The lowest BCUT2D eigenvalue weighted by Crippen LogP contribution is -2.31. The van der Waals surface area contributed by atoms with Crippen molar-refractivity contribution in [3.8, 4) is 0 Å². The quantitative estimate of drug-likeness (QED) is 0.802. The van der Waals surface area contributed by atoms with Crippen molar-refractivity contribution in [3.05, 3.63) is 41.2 Å². The van der Waals surface area contributed by atoms with Gasteiger partial charge in [-0.15, -0.1) is 0 Å². The Labute approximate surface area is 101 Å². The van der Waals surface area contributed by atoms with Gasteiger partial charge in [-0.25, -0.2) is 14.1 Å². The van der Waals surface area contributed by atoms with Crippen LogP contribution in [-0.2, 0) is 9.59 Å². The van der Waals surface area contributed by atoms with E-state index in [0.717, 1.165) is 24.3 Å². The van der Waals surface area contributed by atoms with Crippen molar-refractivity contribution in [1.29, 1.82) is 0 Å². The van der Waals surface area contributed by atoms with Gasteiger partial charge in [-0.2, -0.15) is 0 Å². The van der Waals surface area contributed by atoms with E-state index in [2.05, 4.69) is 0 Å². The van der Waals surface area contributed by atoms with E-state index in [1.165, 1.54) is 6.92 Å². The number of hydrogen-bond donors (Lipinski definition) is 1. The Bertz CT molecular complexity index is 606. The molecular weight excluding hydrogens is 241 g/mol. The highest BCUT2D eigenvalue weighted by atomic mass is 19.1. The largest absolute Gasteiger partial charge is 0.478 e. The summed E-state index contributed by atoms with van der Waals surface area (Å²) in [7, 11) is 0. The number of carbonyl (C=O) groups excluding carboxylic acids is 2. The molecule has 0 bridgehead atoms. The van der Waals surface area contributed by atoms with Gasteiger partial charge in [-0.3, -0.25) is 9.59 Å². The van der Waals surface area contributed by atoms with Crippen LogP contribution in [0.15, 0.2) is 29.8 Å². The standard InChI is InChI=1S/C12H8FNO4/c1-6-4-10(15)14(11(6)16)9-5-7(12(17)18)2-3-8(9)13/h2-5H,1H3,(H,17,18). The Hall–Kier alpha value is -2.50. The van der Waals surface area contributed by atoms with Crippen LogP contribution in [0.25, 0.3) is 0 Å². The molecule has 1 aromatic rings. The fourth-order valence-corrected chi connectivity index (χ4v) is 1.63. The van der Waals surface area contributed by atoms with E-state index in [-0.39, 0.29) is 16.8 Å². The normalized spacial score (nSPS) is 15.0. The SMILES string of the molecule is CC1=CC(=O)N(c2cc(C(=O)O)ccc2F)C1=O. The number of aromatic carboxylic acids is 1. The highest BCUT2D eigenvalue weighted by molar-refractivity contribution is 6.30. The lowest BCUT2D eigenvalue weighted by atomic mass is 10.2. The van der Waals surface area contributed by atoms with Crippen LogP contribution >= 0.6 is 0 Å². The maximum atomic E-state index is 13.6. The molecule has 1 N–H and O–H groups in total. The third-order valence-electron chi connectivity index (χ3n) is 2.53. The summed E-state index contributed by atoms with van der Waals surface area (Å²) in [5.74, 6) is -3.43. The Kier molecular flexibility index (Phi) is 2.70. The first kappa shape index (κ1) is 12.0. The molecule has 0 fully saturated rings. The smallest absolute Gasteiger partial charge is 0.335 e. The zero-order valence-electron chi connectivity index (χ0n) is 9.31. The predicted molar refractivity (Wildman–Crippen MR) is 59.6 cm³/mol. The highest BCUT2D eigenvalue weighted by Gasteiger charge is 2.32. The summed E-state index contributed by atoms with van der Waals surface area (Å²) >= 11 is 0. The molecule has 0 radical (unpaired) electrons. The van der Waals surface area contributed by atoms with Crippen LogP contribution in [0.5, 0.6) is 0 Å². The summed E-state index contributed by atoms with van der Waals surface area (Å²) in [6.07, 6.45) is 1.08. The molecule has 1 aromatic carbocycles. The van der Waals surface area contributed by atoms with E-state index >= 15 is 0 Å². The molecule has 1 heterocycles. The second kappa shape index (κ2) is 4.06. The molecule has 0 spiro atoms. The minimum atomic E-state index is -1.26. The van der Waals surface area contributed by atoms with Crippen LogP contribution in [-0.4, -0.2) is 22.9 Å². The third-order valence-corrected chi connectivity index (χ3v) is 2.53. The Morgan fingerprint density at radius 3 is 2.50 bits per heavy atom. The number of imide groups is 1. The van der Waals surface area contributed by atoms with Gasteiger partial charge < -0.3 is 5.11 Å². The van der Waals surface area contributed by atoms with Crippen LogP contribution in [0.2, 0.25) is 0 Å². The molecule has 0 saturated carbocycles. The number of halogens is 1. The monoisotopic (exact) mass is 249 g/mol. The van der Waals surface area contributed by atoms with Gasteiger partial charge in [0.15, 0.2) is 0 Å². The van der Waals surface area contributed by atoms with Crippen molar-refractivity contribution in [1.82, 2.24) is 0 Å². The molecule has 0 saturated heterocycles. The van der Waals surface area contributed by atoms with Gasteiger partial charge in [0.05, 0.1) is 11.3 Å². The minimum absolute atomic E-state index is 0.181. The number of nitrogens with zero attached hydrogens (tertiary/aromatic N) is 1. The molecule has 5 nitrogen and oxygen atoms in total. The second-order valence-electron chi connectivity index (χ2n) is 3.78. The van der Waals surface area contributed by atoms with E-state index in [9.17, 15) is 18.8 Å². The lowest BCUT2D eigenvalue weighted by molar-refractivity contribution is -0.120. The predicted octanol–water partition coefficient (Wildman–Crippen LogP) is 1.34. The van der Waals surface area contributed by atoms with E-state index in [1.54, 1.807) is 0 Å². The molecule has 1 aliphatic rings. The fourth-order valence-electron chi connectivity index (χ4n) is 1.63. The Morgan fingerprint density at radius 2 is 2.00 bits per heavy atom. The van der Waals surface area contributed by atoms with Crippen molar-refractivity contribution in [2.45, 2.75) is 6.92 Å². The van der Waals surface area contributed by atoms with Crippen molar-refractivity contribution < 1.29 is 23.9 Å². The lowest BCUT2D eigenvalue weighted by Gasteiger charge is -2.15. The molecular formula is C12H8FNO4. The maximum absolute atomic E-state index is 13.6. The van der Waals surface area contributed by atoms with E-state index in [4.69, 9.17) is 5.11 Å². The molecule has 1 aliphatic heterocycles. The first-order chi connectivity index (χ1) is 8.41. The number of carboxylic acid groups (broad SMARTS) is 1. The van der Waals surface area contributed by atoms with Crippen molar-refractivity contribution in [3.63, 3.8) is 0 Å². The van der Waals surface area contributed by atoms with Crippen molar-refractivity contribution >= 4 is 23.5 Å². The fraction of sp³-hybridized carbons (Fsp3) is 0.0833. The summed E-state index contributed by atoms with van der Waals surface area (Å²) in [6.45, 7) is 1.43. The average Bonchev–Trinajstić information content (AvgIpc) is 2.54. The molecule has 0 aromatic heterocycles. The second-order valence-corrected chi connectivity index (χ2v) is 3.78. The zero-order chi connectivity index (χ0) is 13.4. The number of benzene rings is 1. The first-order valence-electron chi connectivity index (χ1n) is 5.01. The number of carbonyl (C=O) groups is 3. The topological polar surface area (TPSA) is 74.7 Å². The first-order valence-corrected chi connectivity index (χ1v) is 5.01. The van der Waals surface area contributed by atoms with Crippen LogP contribution in [0.1, 0.15) is 17.3 Å². The van der Waals surface area contributed by atoms with Gasteiger partial charge >= 0.3 is 5.97 Å².